The van der Waals surface area contributed by atoms with Gasteiger partial charge >= 0.3 is 0 Å². The maximum Gasteiger partial charge on any atom is 0.155 e. The maximum atomic E-state index is 5.88. The van der Waals surface area contributed by atoms with Crippen molar-refractivity contribution in [3.8, 4) is 0 Å². The molecular formula is C16H16N2S2. The summed E-state index contributed by atoms with van der Waals surface area (Å²) in [6.45, 7) is 6.30. The Morgan fingerprint density at radius 2 is 1.75 bits per heavy atom. The number of nitrogens with zero attached hydrogens (tertiary/aromatic N) is 1. The molecule has 102 valence electrons. The van der Waals surface area contributed by atoms with Crippen LogP contribution >= 0.6 is 23.1 Å². The first-order chi connectivity index (χ1) is 9.52. The molecule has 20 heavy (non-hydrogen) atoms. The third kappa shape index (κ3) is 2.53. The zero-order chi connectivity index (χ0) is 14.3. The minimum atomic E-state index is 0.823. The molecule has 1 aromatic heterocycles. The van der Waals surface area contributed by atoms with Crippen LogP contribution in [0.2, 0.25) is 0 Å². The molecule has 3 rings (SSSR count). The second kappa shape index (κ2) is 5.11. The summed E-state index contributed by atoms with van der Waals surface area (Å²) in [6, 6.07) is 10.5. The average molecular weight is 300 g/mol. The summed E-state index contributed by atoms with van der Waals surface area (Å²) in [5.41, 5.74) is 11.5. The summed E-state index contributed by atoms with van der Waals surface area (Å²) in [5, 5.41) is 0. The second-order valence-corrected chi connectivity index (χ2v) is 7.32. The smallest absolute Gasteiger partial charge is 0.155 e. The average Bonchev–Trinajstić information content (AvgIpc) is 2.75. The molecule has 2 N–H and O–H groups in total. The van der Waals surface area contributed by atoms with Crippen LogP contribution in [0.25, 0.3) is 10.2 Å². The molecule has 0 amide bonds. The van der Waals surface area contributed by atoms with E-state index in [1.54, 1.807) is 23.1 Å². The van der Waals surface area contributed by atoms with Gasteiger partial charge in [0.25, 0.3) is 0 Å². The number of benzene rings is 2. The Kier molecular flexibility index (Phi) is 3.44. The topological polar surface area (TPSA) is 38.9 Å². The highest BCUT2D eigenvalue weighted by atomic mass is 32.2. The Balaban J connectivity index is 2.01. The highest BCUT2D eigenvalue weighted by Gasteiger charge is 2.10. The number of fused-ring (bicyclic) bond motifs is 1. The van der Waals surface area contributed by atoms with Crippen LogP contribution in [0.15, 0.2) is 39.6 Å². The summed E-state index contributed by atoms with van der Waals surface area (Å²) >= 11 is 3.48. The number of hydrogen-bond acceptors (Lipinski definition) is 4. The molecule has 2 aromatic carbocycles. The van der Waals surface area contributed by atoms with Crippen LogP contribution in [0.1, 0.15) is 16.7 Å². The fourth-order valence-corrected chi connectivity index (χ4v) is 4.41. The minimum Gasteiger partial charge on any atom is -0.399 e. The zero-order valence-electron chi connectivity index (χ0n) is 11.7. The molecule has 0 radical (unpaired) electrons. The highest BCUT2D eigenvalue weighted by molar-refractivity contribution is 8.01. The Hall–Kier alpha value is -1.52. The molecule has 3 aromatic rings. The predicted molar refractivity (Wildman–Crippen MR) is 88.8 cm³/mol. The van der Waals surface area contributed by atoms with Gasteiger partial charge in [-0.05, 0) is 61.7 Å². The molecule has 0 saturated heterocycles. The molecular weight excluding hydrogens is 284 g/mol. The van der Waals surface area contributed by atoms with Gasteiger partial charge in [-0.1, -0.05) is 17.8 Å². The molecule has 0 spiro atoms. The van der Waals surface area contributed by atoms with Crippen LogP contribution in [-0.2, 0) is 0 Å². The van der Waals surface area contributed by atoms with Crippen molar-refractivity contribution in [3.05, 3.63) is 47.0 Å². The van der Waals surface area contributed by atoms with Gasteiger partial charge in [-0.25, -0.2) is 4.98 Å². The number of hydrogen-bond donors (Lipinski definition) is 1. The lowest BCUT2D eigenvalue weighted by Gasteiger charge is -2.08. The number of anilines is 1. The van der Waals surface area contributed by atoms with Gasteiger partial charge in [-0.2, -0.15) is 0 Å². The molecule has 0 aliphatic rings. The Bertz CT molecular complexity index is 767. The number of aromatic nitrogens is 1. The van der Waals surface area contributed by atoms with Crippen molar-refractivity contribution in [2.45, 2.75) is 30.0 Å². The maximum absolute atomic E-state index is 5.88. The Morgan fingerprint density at radius 3 is 2.45 bits per heavy atom. The summed E-state index contributed by atoms with van der Waals surface area (Å²) in [7, 11) is 0. The normalized spacial score (nSPS) is 11.2. The van der Waals surface area contributed by atoms with Crippen LogP contribution in [0.4, 0.5) is 5.69 Å². The van der Waals surface area contributed by atoms with E-state index in [0.29, 0.717) is 0 Å². The first-order valence-electron chi connectivity index (χ1n) is 6.45. The SMILES string of the molecule is Cc1ccc2sc(Sc3c(C)cc(N)cc3C)nc2c1. The number of rotatable bonds is 2. The molecule has 2 nitrogen and oxygen atoms in total. The molecule has 4 heteroatoms. The molecule has 0 aliphatic carbocycles. The predicted octanol–water partition coefficient (Wildman–Crippen LogP) is 4.95. The van der Waals surface area contributed by atoms with Crippen molar-refractivity contribution < 1.29 is 0 Å². The third-order valence-electron chi connectivity index (χ3n) is 3.20. The van der Waals surface area contributed by atoms with Gasteiger partial charge in [-0.15, -0.1) is 11.3 Å². The minimum absolute atomic E-state index is 0.823. The van der Waals surface area contributed by atoms with E-state index in [2.05, 4.69) is 39.0 Å². The monoisotopic (exact) mass is 300 g/mol. The lowest BCUT2D eigenvalue weighted by molar-refractivity contribution is 1.20. The first kappa shape index (κ1) is 13.5. The summed E-state index contributed by atoms with van der Waals surface area (Å²) in [4.78, 5) is 5.98. The molecule has 0 atom stereocenters. The Morgan fingerprint density at radius 1 is 1.05 bits per heavy atom. The van der Waals surface area contributed by atoms with E-state index in [-0.39, 0.29) is 0 Å². The fraction of sp³-hybridized carbons (Fsp3) is 0.188. The largest absolute Gasteiger partial charge is 0.399 e. The van der Waals surface area contributed by atoms with Crippen molar-refractivity contribution in [2.24, 2.45) is 0 Å². The van der Waals surface area contributed by atoms with Gasteiger partial charge in [0.2, 0.25) is 0 Å². The van der Waals surface area contributed by atoms with E-state index in [0.717, 1.165) is 15.5 Å². The summed E-state index contributed by atoms with van der Waals surface area (Å²) < 4.78 is 2.32. The summed E-state index contributed by atoms with van der Waals surface area (Å²) in [5.74, 6) is 0. The van der Waals surface area contributed by atoms with Gasteiger partial charge in [0.1, 0.15) is 0 Å². The number of nitrogen functional groups attached to an aromatic ring is 1. The van der Waals surface area contributed by atoms with Crippen molar-refractivity contribution in [1.29, 1.82) is 0 Å². The van der Waals surface area contributed by atoms with Crippen LogP contribution in [0.3, 0.4) is 0 Å². The third-order valence-corrected chi connectivity index (χ3v) is 5.64. The van der Waals surface area contributed by atoms with Crippen molar-refractivity contribution in [1.82, 2.24) is 4.98 Å². The standard InChI is InChI=1S/C16H16N2S2/c1-9-4-5-14-13(6-9)18-16(19-14)20-15-10(2)7-12(17)8-11(15)3/h4-8H,17H2,1-3H3. The molecule has 0 fully saturated rings. The van der Waals surface area contributed by atoms with Crippen molar-refractivity contribution in [2.75, 3.05) is 5.73 Å². The molecule has 0 saturated carbocycles. The van der Waals surface area contributed by atoms with Crippen molar-refractivity contribution in [3.63, 3.8) is 0 Å². The van der Waals surface area contributed by atoms with E-state index in [1.807, 2.05) is 12.1 Å². The van der Waals surface area contributed by atoms with Gasteiger partial charge in [0, 0.05) is 10.6 Å². The fourth-order valence-electron chi connectivity index (χ4n) is 2.29. The van der Waals surface area contributed by atoms with E-state index < -0.39 is 0 Å². The summed E-state index contributed by atoms with van der Waals surface area (Å²) in [6.07, 6.45) is 0. The lowest BCUT2D eigenvalue weighted by Crippen LogP contribution is -1.91. The lowest BCUT2D eigenvalue weighted by atomic mass is 10.1. The molecule has 0 aliphatic heterocycles. The quantitative estimate of drug-likeness (QED) is 0.680. The van der Waals surface area contributed by atoms with Crippen LogP contribution in [-0.4, -0.2) is 4.98 Å². The highest BCUT2D eigenvalue weighted by Crippen LogP contribution is 2.38. The van der Waals surface area contributed by atoms with E-state index in [4.69, 9.17) is 10.7 Å². The van der Waals surface area contributed by atoms with Gasteiger partial charge < -0.3 is 5.73 Å². The van der Waals surface area contributed by atoms with Gasteiger partial charge in [-0.3, -0.25) is 0 Å². The number of thiazole rings is 1. The van der Waals surface area contributed by atoms with E-state index in [1.165, 1.54) is 26.3 Å². The molecule has 0 unspecified atom stereocenters. The van der Waals surface area contributed by atoms with Crippen LogP contribution in [0.5, 0.6) is 0 Å². The second-order valence-electron chi connectivity index (χ2n) is 5.04. The van der Waals surface area contributed by atoms with E-state index in [9.17, 15) is 0 Å². The Labute approximate surface area is 127 Å². The van der Waals surface area contributed by atoms with Gasteiger partial charge in [0.15, 0.2) is 4.34 Å². The van der Waals surface area contributed by atoms with E-state index >= 15 is 0 Å². The first-order valence-corrected chi connectivity index (χ1v) is 8.08. The number of aryl methyl sites for hydroxylation is 3. The number of nitrogens with two attached hydrogens (primary N) is 1. The van der Waals surface area contributed by atoms with Crippen LogP contribution < -0.4 is 5.73 Å². The molecule has 1 heterocycles. The zero-order valence-corrected chi connectivity index (χ0v) is 13.4. The van der Waals surface area contributed by atoms with Crippen molar-refractivity contribution >= 4 is 39.0 Å². The van der Waals surface area contributed by atoms with Gasteiger partial charge in [0.05, 0.1) is 10.2 Å². The molecule has 0 bridgehead atoms. The van der Waals surface area contributed by atoms with Crippen LogP contribution in [0, 0.1) is 20.8 Å².